The molecule has 14 heavy (non-hydrogen) atoms. The van der Waals surface area contributed by atoms with Crippen molar-refractivity contribution in [2.24, 2.45) is 10.9 Å². The Hall–Kier alpha value is -0.240. The molecule has 0 aromatic carbocycles. The molecule has 1 aliphatic rings. The van der Waals surface area contributed by atoms with Crippen LogP contribution in [0.5, 0.6) is 0 Å². The number of hydrogen-bond acceptors (Lipinski definition) is 2. The molecular formula is C12H21NS. The Kier molecular flexibility index (Phi) is 5.31. The van der Waals surface area contributed by atoms with Gasteiger partial charge in [0, 0.05) is 11.4 Å². The lowest BCUT2D eigenvalue weighted by molar-refractivity contribution is 0.509. The van der Waals surface area contributed by atoms with Crippen molar-refractivity contribution in [1.29, 1.82) is 0 Å². The average Bonchev–Trinajstić information content (AvgIpc) is 2.18. The fourth-order valence-corrected chi connectivity index (χ4v) is 2.72. The van der Waals surface area contributed by atoms with Crippen molar-refractivity contribution in [2.75, 3.05) is 0 Å². The second kappa shape index (κ2) is 6.28. The van der Waals surface area contributed by atoms with Gasteiger partial charge in [-0.2, -0.15) is 0 Å². The molecule has 0 bridgehead atoms. The fraction of sp³-hybridized carbons (Fsp3) is 0.750. The molecule has 0 aromatic rings. The molecule has 2 heteroatoms. The van der Waals surface area contributed by atoms with Crippen molar-refractivity contribution in [1.82, 2.24) is 0 Å². The predicted octanol–water partition coefficient (Wildman–Crippen LogP) is 4.25. The molecule has 1 aliphatic heterocycles. The van der Waals surface area contributed by atoms with Gasteiger partial charge < -0.3 is 0 Å². The van der Waals surface area contributed by atoms with Crippen LogP contribution in [0.4, 0.5) is 0 Å². The molecule has 0 fully saturated rings. The number of unbranched alkanes of at least 4 members (excludes halogenated alkanes) is 2. The maximum atomic E-state index is 4.26. The summed E-state index contributed by atoms with van der Waals surface area (Å²) in [5.74, 6) is 0.785. The van der Waals surface area contributed by atoms with E-state index < -0.39 is 0 Å². The zero-order valence-electron chi connectivity index (χ0n) is 9.49. The van der Waals surface area contributed by atoms with Crippen molar-refractivity contribution in [3.63, 3.8) is 0 Å². The van der Waals surface area contributed by atoms with Crippen molar-refractivity contribution in [3.8, 4) is 0 Å². The van der Waals surface area contributed by atoms with Crippen LogP contribution in [0.3, 0.4) is 0 Å². The Bertz CT molecular complexity index is 220. The highest BCUT2D eigenvalue weighted by atomic mass is 32.2. The minimum absolute atomic E-state index is 0.657. The molecule has 1 heterocycles. The molecule has 1 nitrogen and oxygen atoms in total. The van der Waals surface area contributed by atoms with Crippen LogP contribution in [0, 0.1) is 5.92 Å². The molecule has 0 spiro atoms. The Morgan fingerprint density at radius 3 is 2.93 bits per heavy atom. The smallest absolute Gasteiger partial charge is 0.0706 e. The summed E-state index contributed by atoms with van der Waals surface area (Å²) < 4.78 is 0. The van der Waals surface area contributed by atoms with Crippen LogP contribution in [0.25, 0.3) is 0 Å². The Morgan fingerprint density at radius 2 is 2.29 bits per heavy atom. The van der Waals surface area contributed by atoms with Crippen molar-refractivity contribution in [2.45, 2.75) is 51.7 Å². The number of thioether (sulfide) groups is 1. The SMILES string of the molecule is CCCCCC(C)C1C=CN=C(C)S1. The molecule has 0 N–H and O–H groups in total. The summed E-state index contributed by atoms with van der Waals surface area (Å²) in [4.78, 5) is 4.26. The highest BCUT2D eigenvalue weighted by molar-refractivity contribution is 8.14. The van der Waals surface area contributed by atoms with E-state index in [2.05, 4.69) is 31.8 Å². The minimum Gasteiger partial charge on any atom is -0.255 e. The van der Waals surface area contributed by atoms with Gasteiger partial charge in [0.15, 0.2) is 0 Å². The normalized spacial score (nSPS) is 23.4. The van der Waals surface area contributed by atoms with Crippen LogP contribution in [0.2, 0.25) is 0 Å². The van der Waals surface area contributed by atoms with Gasteiger partial charge in [0.2, 0.25) is 0 Å². The van der Waals surface area contributed by atoms with Gasteiger partial charge in [-0.3, -0.25) is 4.99 Å². The highest BCUT2D eigenvalue weighted by Gasteiger charge is 2.17. The number of rotatable bonds is 5. The lowest BCUT2D eigenvalue weighted by Gasteiger charge is -2.21. The molecule has 80 valence electrons. The van der Waals surface area contributed by atoms with Gasteiger partial charge in [-0.1, -0.05) is 39.2 Å². The molecular weight excluding hydrogens is 190 g/mol. The van der Waals surface area contributed by atoms with E-state index in [-0.39, 0.29) is 0 Å². The number of nitrogens with zero attached hydrogens (tertiary/aromatic N) is 1. The van der Waals surface area contributed by atoms with Crippen molar-refractivity contribution < 1.29 is 0 Å². The molecule has 1 rings (SSSR count). The standard InChI is InChI=1S/C12H21NS/c1-4-5-6-7-10(2)12-8-9-13-11(3)14-12/h8-10,12H,4-7H2,1-3H3. The molecule has 2 unspecified atom stereocenters. The van der Waals surface area contributed by atoms with E-state index in [4.69, 9.17) is 0 Å². The summed E-state index contributed by atoms with van der Waals surface area (Å²) >= 11 is 1.92. The van der Waals surface area contributed by atoms with Gasteiger partial charge in [0.25, 0.3) is 0 Å². The van der Waals surface area contributed by atoms with Crippen LogP contribution >= 0.6 is 11.8 Å². The zero-order chi connectivity index (χ0) is 10.4. The van der Waals surface area contributed by atoms with Crippen LogP contribution in [0.15, 0.2) is 17.3 Å². The first-order chi connectivity index (χ1) is 6.74. The Labute approximate surface area is 92.1 Å². The van der Waals surface area contributed by atoms with Crippen LogP contribution < -0.4 is 0 Å². The van der Waals surface area contributed by atoms with Gasteiger partial charge in [-0.05, 0) is 19.3 Å². The minimum atomic E-state index is 0.657. The average molecular weight is 211 g/mol. The lowest BCUT2D eigenvalue weighted by Crippen LogP contribution is -2.15. The lowest BCUT2D eigenvalue weighted by atomic mass is 9.99. The number of hydrogen-bond donors (Lipinski definition) is 0. The first-order valence-electron chi connectivity index (χ1n) is 5.61. The molecule has 0 saturated carbocycles. The second-order valence-corrected chi connectivity index (χ2v) is 5.42. The highest BCUT2D eigenvalue weighted by Crippen LogP contribution is 2.28. The zero-order valence-corrected chi connectivity index (χ0v) is 10.3. The van der Waals surface area contributed by atoms with Gasteiger partial charge in [-0.25, -0.2) is 0 Å². The molecule has 0 saturated heterocycles. The second-order valence-electron chi connectivity index (χ2n) is 4.05. The van der Waals surface area contributed by atoms with Gasteiger partial charge >= 0.3 is 0 Å². The third kappa shape index (κ3) is 3.87. The summed E-state index contributed by atoms with van der Waals surface area (Å²) in [5, 5.41) is 1.86. The maximum absolute atomic E-state index is 4.26. The summed E-state index contributed by atoms with van der Waals surface area (Å²) in [5.41, 5.74) is 0. The maximum Gasteiger partial charge on any atom is 0.0706 e. The van der Waals surface area contributed by atoms with Crippen LogP contribution in [0.1, 0.15) is 46.5 Å². The topological polar surface area (TPSA) is 12.4 Å². The van der Waals surface area contributed by atoms with E-state index in [1.165, 1.54) is 30.7 Å². The molecule has 0 aliphatic carbocycles. The number of aliphatic imine (C=N–C) groups is 1. The van der Waals surface area contributed by atoms with Crippen LogP contribution in [-0.2, 0) is 0 Å². The monoisotopic (exact) mass is 211 g/mol. The molecule has 2 atom stereocenters. The van der Waals surface area contributed by atoms with E-state index in [0.29, 0.717) is 5.25 Å². The van der Waals surface area contributed by atoms with E-state index in [0.717, 1.165) is 5.92 Å². The Morgan fingerprint density at radius 1 is 1.50 bits per heavy atom. The van der Waals surface area contributed by atoms with E-state index in [1.807, 2.05) is 18.0 Å². The van der Waals surface area contributed by atoms with Gasteiger partial charge in [-0.15, -0.1) is 11.8 Å². The van der Waals surface area contributed by atoms with E-state index >= 15 is 0 Å². The first kappa shape index (κ1) is 11.8. The molecule has 0 amide bonds. The third-order valence-corrected chi connectivity index (χ3v) is 4.00. The van der Waals surface area contributed by atoms with Gasteiger partial charge in [0.05, 0.1) is 5.04 Å². The largest absolute Gasteiger partial charge is 0.255 e. The van der Waals surface area contributed by atoms with Crippen molar-refractivity contribution >= 4 is 16.8 Å². The van der Waals surface area contributed by atoms with Crippen molar-refractivity contribution in [3.05, 3.63) is 12.3 Å². The summed E-state index contributed by atoms with van der Waals surface area (Å²) in [6, 6.07) is 0. The van der Waals surface area contributed by atoms with Crippen LogP contribution in [-0.4, -0.2) is 10.3 Å². The summed E-state index contributed by atoms with van der Waals surface area (Å²) in [7, 11) is 0. The quantitative estimate of drug-likeness (QED) is 0.619. The fourth-order valence-electron chi connectivity index (χ4n) is 1.69. The Balaban J connectivity index is 2.27. The molecule has 0 radical (unpaired) electrons. The summed E-state index contributed by atoms with van der Waals surface area (Å²) in [6.07, 6.45) is 9.63. The van der Waals surface area contributed by atoms with E-state index in [1.54, 1.807) is 0 Å². The molecule has 0 aromatic heterocycles. The third-order valence-electron chi connectivity index (χ3n) is 2.66. The van der Waals surface area contributed by atoms with Gasteiger partial charge in [0.1, 0.15) is 0 Å². The first-order valence-corrected chi connectivity index (χ1v) is 6.49. The van der Waals surface area contributed by atoms with E-state index in [9.17, 15) is 0 Å². The summed E-state index contributed by atoms with van der Waals surface area (Å²) in [6.45, 7) is 6.72. The predicted molar refractivity (Wildman–Crippen MR) is 66.9 cm³/mol.